The van der Waals surface area contributed by atoms with Crippen LogP contribution in [0, 0.1) is 11.8 Å². The van der Waals surface area contributed by atoms with E-state index in [2.05, 4.69) is 19.2 Å². The van der Waals surface area contributed by atoms with E-state index < -0.39 is 10.0 Å². The second-order valence-corrected chi connectivity index (χ2v) is 10.4. The summed E-state index contributed by atoms with van der Waals surface area (Å²) in [4.78, 5) is 14.6. The summed E-state index contributed by atoms with van der Waals surface area (Å²) in [6, 6.07) is 6.75. The number of rotatable bonds is 5. The van der Waals surface area contributed by atoms with Crippen molar-refractivity contribution in [3.63, 3.8) is 0 Å². The molecule has 1 saturated heterocycles. The second-order valence-electron chi connectivity index (χ2n) is 8.05. The highest BCUT2D eigenvalue weighted by Crippen LogP contribution is 2.29. The van der Waals surface area contributed by atoms with Crippen LogP contribution in [0.15, 0.2) is 29.2 Å². The number of hydrogen-bond acceptors (Lipinski definition) is 4. The predicted octanol–water partition coefficient (Wildman–Crippen LogP) is 2.59. The van der Waals surface area contributed by atoms with Gasteiger partial charge in [0, 0.05) is 32.2 Å². The molecule has 1 aromatic carbocycles. The monoisotopic (exact) mass is 427 g/mol. The van der Waals surface area contributed by atoms with Crippen molar-refractivity contribution in [2.45, 2.75) is 44.0 Å². The highest BCUT2D eigenvalue weighted by atomic mass is 35.5. The summed E-state index contributed by atoms with van der Waals surface area (Å²) in [6.07, 6.45) is 3.44. The molecule has 6 nitrogen and oxygen atoms in total. The van der Waals surface area contributed by atoms with Crippen LogP contribution in [0.4, 0.5) is 0 Å². The van der Waals surface area contributed by atoms with Crippen LogP contribution in [0.1, 0.15) is 33.1 Å². The summed E-state index contributed by atoms with van der Waals surface area (Å²) in [5, 5.41) is 3.43. The number of carbonyl (C=O) groups excluding carboxylic acids is 1. The Morgan fingerprint density at radius 2 is 1.82 bits per heavy atom. The molecule has 28 heavy (non-hydrogen) atoms. The summed E-state index contributed by atoms with van der Waals surface area (Å²) in [5.74, 6) is 1.17. The molecule has 3 rings (SSSR count). The Bertz CT molecular complexity index is 794. The lowest BCUT2D eigenvalue weighted by atomic mass is 9.78. The molecular formula is C20H30ClN3O3S. The zero-order chi connectivity index (χ0) is 20.3. The van der Waals surface area contributed by atoms with Gasteiger partial charge < -0.3 is 5.32 Å². The number of halogens is 1. The molecule has 1 aliphatic heterocycles. The Labute approximate surface area is 173 Å². The van der Waals surface area contributed by atoms with Crippen molar-refractivity contribution >= 4 is 27.5 Å². The first-order chi connectivity index (χ1) is 13.3. The first-order valence-electron chi connectivity index (χ1n) is 10.1. The lowest BCUT2D eigenvalue weighted by molar-refractivity contribution is -0.124. The van der Waals surface area contributed by atoms with Crippen LogP contribution in [0.5, 0.6) is 0 Å². The molecule has 1 heterocycles. The number of sulfonamides is 1. The molecule has 3 atom stereocenters. The first-order valence-corrected chi connectivity index (χ1v) is 11.9. The van der Waals surface area contributed by atoms with Gasteiger partial charge in [-0.15, -0.1) is 0 Å². The van der Waals surface area contributed by atoms with Crippen molar-refractivity contribution in [1.29, 1.82) is 0 Å². The molecule has 2 aliphatic rings. The van der Waals surface area contributed by atoms with Crippen LogP contribution in [-0.4, -0.2) is 62.3 Å². The molecule has 0 radical (unpaired) electrons. The van der Waals surface area contributed by atoms with Gasteiger partial charge in [-0.1, -0.05) is 50.4 Å². The van der Waals surface area contributed by atoms with E-state index in [9.17, 15) is 13.2 Å². The van der Waals surface area contributed by atoms with E-state index in [1.165, 1.54) is 16.8 Å². The SMILES string of the molecule is CC1CCCC(NC(=O)CN2CCN(S(=O)(=O)c3ccccc3Cl)CC2)C1C. The topological polar surface area (TPSA) is 69.7 Å². The van der Waals surface area contributed by atoms with E-state index in [1.54, 1.807) is 18.2 Å². The summed E-state index contributed by atoms with van der Waals surface area (Å²) in [5.41, 5.74) is 0. The van der Waals surface area contributed by atoms with E-state index in [4.69, 9.17) is 11.6 Å². The molecule has 1 amide bonds. The molecule has 1 saturated carbocycles. The van der Waals surface area contributed by atoms with Gasteiger partial charge >= 0.3 is 0 Å². The largest absolute Gasteiger partial charge is 0.352 e. The average Bonchev–Trinajstić information content (AvgIpc) is 2.66. The van der Waals surface area contributed by atoms with Gasteiger partial charge in [0.05, 0.1) is 11.6 Å². The van der Waals surface area contributed by atoms with Crippen molar-refractivity contribution in [2.24, 2.45) is 11.8 Å². The van der Waals surface area contributed by atoms with Crippen molar-refractivity contribution < 1.29 is 13.2 Å². The van der Waals surface area contributed by atoms with Gasteiger partial charge in [-0.2, -0.15) is 4.31 Å². The predicted molar refractivity (Wildman–Crippen MR) is 111 cm³/mol. The molecule has 3 unspecified atom stereocenters. The fourth-order valence-electron chi connectivity index (χ4n) is 4.16. The molecule has 1 aromatic rings. The van der Waals surface area contributed by atoms with Gasteiger partial charge in [-0.25, -0.2) is 8.42 Å². The maximum absolute atomic E-state index is 12.8. The number of piperazine rings is 1. The van der Waals surface area contributed by atoms with Crippen molar-refractivity contribution in [3.8, 4) is 0 Å². The Balaban J connectivity index is 1.51. The average molecular weight is 428 g/mol. The van der Waals surface area contributed by atoms with E-state index in [1.807, 2.05) is 4.90 Å². The maximum atomic E-state index is 12.8. The number of nitrogens with one attached hydrogen (secondary N) is 1. The third kappa shape index (κ3) is 4.87. The van der Waals surface area contributed by atoms with Crippen molar-refractivity contribution in [2.75, 3.05) is 32.7 Å². The lowest BCUT2D eigenvalue weighted by Gasteiger charge is -2.36. The van der Waals surface area contributed by atoms with Crippen LogP contribution < -0.4 is 5.32 Å². The lowest BCUT2D eigenvalue weighted by Crippen LogP contribution is -2.52. The number of carbonyl (C=O) groups is 1. The van der Waals surface area contributed by atoms with Crippen molar-refractivity contribution in [1.82, 2.24) is 14.5 Å². The van der Waals surface area contributed by atoms with Crippen LogP contribution in [0.2, 0.25) is 5.02 Å². The zero-order valence-electron chi connectivity index (χ0n) is 16.6. The molecule has 0 spiro atoms. The smallest absolute Gasteiger partial charge is 0.244 e. The summed E-state index contributed by atoms with van der Waals surface area (Å²) >= 11 is 6.07. The van der Waals surface area contributed by atoms with Crippen LogP contribution >= 0.6 is 11.6 Å². The highest BCUT2D eigenvalue weighted by molar-refractivity contribution is 7.89. The van der Waals surface area contributed by atoms with E-state index in [-0.39, 0.29) is 21.9 Å². The number of nitrogens with zero attached hydrogens (tertiary/aromatic N) is 2. The molecule has 156 valence electrons. The minimum absolute atomic E-state index is 0.0355. The van der Waals surface area contributed by atoms with Gasteiger partial charge in [0.15, 0.2) is 0 Å². The van der Waals surface area contributed by atoms with E-state index in [0.717, 1.165) is 12.8 Å². The summed E-state index contributed by atoms with van der Waals surface area (Å²) < 4.78 is 27.1. The molecular weight excluding hydrogens is 398 g/mol. The van der Waals surface area contributed by atoms with Crippen LogP contribution in [0.3, 0.4) is 0 Å². The molecule has 1 N–H and O–H groups in total. The minimum Gasteiger partial charge on any atom is -0.352 e. The van der Waals surface area contributed by atoms with Crippen LogP contribution in [0.25, 0.3) is 0 Å². The Morgan fingerprint density at radius 1 is 1.14 bits per heavy atom. The summed E-state index contributed by atoms with van der Waals surface area (Å²) in [7, 11) is -3.61. The molecule has 0 bridgehead atoms. The maximum Gasteiger partial charge on any atom is 0.244 e. The quantitative estimate of drug-likeness (QED) is 0.784. The van der Waals surface area contributed by atoms with Gasteiger partial charge in [-0.05, 0) is 30.4 Å². The van der Waals surface area contributed by atoms with Gasteiger partial charge in [-0.3, -0.25) is 9.69 Å². The van der Waals surface area contributed by atoms with Gasteiger partial charge in [0.2, 0.25) is 15.9 Å². The molecule has 8 heteroatoms. The number of hydrogen-bond donors (Lipinski definition) is 1. The van der Waals surface area contributed by atoms with E-state index in [0.29, 0.717) is 44.6 Å². The van der Waals surface area contributed by atoms with Crippen LogP contribution in [-0.2, 0) is 14.8 Å². The molecule has 2 fully saturated rings. The molecule has 1 aliphatic carbocycles. The van der Waals surface area contributed by atoms with Crippen molar-refractivity contribution in [3.05, 3.63) is 29.3 Å². The fraction of sp³-hybridized carbons (Fsp3) is 0.650. The Kier molecular flexibility index (Phi) is 7.02. The van der Waals surface area contributed by atoms with Gasteiger partial charge in [0.1, 0.15) is 4.90 Å². The normalized spacial score (nSPS) is 27.5. The minimum atomic E-state index is -3.61. The van der Waals surface area contributed by atoms with Gasteiger partial charge in [0.25, 0.3) is 0 Å². The summed E-state index contributed by atoms with van der Waals surface area (Å²) in [6.45, 7) is 6.57. The zero-order valence-corrected chi connectivity index (χ0v) is 18.2. The highest BCUT2D eigenvalue weighted by Gasteiger charge is 2.32. The third-order valence-electron chi connectivity index (χ3n) is 6.21. The first kappa shape index (κ1) is 21.6. The second kappa shape index (κ2) is 9.11. The fourth-order valence-corrected chi connectivity index (χ4v) is 6.08. The standard InChI is InChI=1S/C20H30ClN3O3S/c1-15-6-5-8-18(16(15)2)22-20(25)14-23-10-12-24(13-11-23)28(26,27)19-9-4-3-7-17(19)21/h3-4,7,9,15-16,18H,5-6,8,10-14H2,1-2H3,(H,22,25). The third-order valence-corrected chi connectivity index (χ3v) is 8.60. The Morgan fingerprint density at radius 3 is 2.50 bits per heavy atom. The molecule has 0 aromatic heterocycles. The Hall–Kier alpha value is -1.15. The number of amides is 1. The van der Waals surface area contributed by atoms with E-state index >= 15 is 0 Å². The number of benzene rings is 1.